The maximum absolute atomic E-state index is 13.3. The van der Waals surface area contributed by atoms with E-state index < -0.39 is 25.9 Å². The van der Waals surface area contributed by atoms with Gasteiger partial charge in [-0.3, -0.25) is 14.3 Å². The summed E-state index contributed by atoms with van der Waals surface area (Å²) < 4.78 is 32.6. The summed E-state index contributed by atoms with van der Waals surface area (Å²) in [4.78, 5) is 25.5. The van der Waals surface area contributed by atoms with Crippen LogP contribution in [0.2, 0.25) is 0 Å². The Hall–Kier alpha value is -2.19. The van der Waals surface area contributed by atoms with Gasteiger partial charge in [-0.25, -0.2) is 8.42 Å². The summed E-state index contributed by atoms with van der Waals surface area (Å²) in [6, 6.07) is 3.31. The molecule has 0 spiro atoms. The van der Waals surface area contributed by atoms with Gasteiger partial charge in [-0.05, 0) is 38.7 Å². The van der Waals surface area contributed by atoms with Crippen molar-refractivity contribution in [1.82, 2.24) is 9.78 Å². The summed E-state index contributed by atoms with van der Waals surface area (Å²) in [6.07, 6.45) is 3.25. The van der Waals surface area contributed by atoms with Crippen LogP contribution in [-0.2, 0) is 34.6 Å². The van der Waals surface area contributed by atoms with E-state index >= 15 is 0 Å². The second-order valence-corrected chi connectivity index (χ2v) is 10.3. The highest BCUT2D eigenvalue weighted by atomic mass is 32.2. The van der Waals surface area contributed by atoms with Crippen LogP contribution in [0.15, 0.2) is 28.0 Å². The molecule has 8 heteroatoms. The Bertz CT molecular complexity index is 1080. The zero-order valence-electron chi connectivity index (χ0n) is 16.7. The average Bonchev–Trinajstić information content (AvgIpc) is 2.97. The number of benzene rings is 1. The van der Waals surface area contributed by atoms with Gasteiger partial charge in [0.25, 0.3) is 5.56 Å². The number of sulfone groups is 1. The minimum Gasteiger partial charge on any atom is -0.377 e. The second kappa shape index (κ2) is 7.33. The molecule has 0 bridgehead atoms. The van der Waals surface area contributed by atoms with E-state index in [1.807, 2.05) is 6.92 Å². The fourth-order valence-electron chi connectivity index (χ4n) is 3.50. The van der Waals surface area contributed by atoms with Gasteiger partial charge in [0.2, 0.25) is 5.78 Å². The predicted molar refractivity (Wildman–Crippen MR) is 105 cm³/mol. The standard InChI is InChI=1S/C20H26N2O5S/c1-5-10-27-12-16-14(17(23)15-11-21-22(4)19(15)24)7-6-13-8-9-20(2,3)28(25,26)18(13)16/h6-7,11,21H,5,8-10,12H2,1-4H3. The predicted octanol–water partition coefficient (Wildman–Crippen LogP) is 2.37. The number of rotatable bonds is 6. The maximum Gasteiger partial charge on any atom is 0.277 e. The Morgan fingerprint density at radius 1 is 1.29 bits per heavy atom. The van der Waals surface area contributed by atoms with E-state index in [2.05, 4.69) is 5.10 Å². The lowest BCUT2D eigenvalue weighted by molar-refractivity contribution is 0.101. The van der Waals surface area contributed by atoms with Crippen molar-refractivity contribution in [2.45, 2.75) is 56.3 Å². The van der Waals surface area contributed by atoms with Crippen LogP contribution < -0.4 is 5.56 Å². The van der Waals surface area contributed by atoms with Crippen LogP contribution >= 0.6 is 0 Å². The molecule has 0 atom stereocenters. The number of fused-ring (bicyclic) bond motifs is 1. The maximum atomic E-state index is 13.3. The zero-order chi connectivity index (χ0) is 20.7. The monoisotopic (exact) mass is 406 g/mol. The summed E-state index contributed by atoms with van der Waals surface area (Å²) in [5.41, 5.74) is 0.783. The molecule has 7 nitrogen and oxygen atoms in total. The number of aromatic nitrogens is 2. The smallest absolute Gasteiger partial charge is 0.277 e. The number of carbonyl (C=O) groups is 1. The Labute approximate surface area is 164 Å². The first kappa shape index (κ1) is 20.5. The van der Waals surface area contributed by atoms with Gasteiger partial charge in [0.1, 0.15) is 5.56 Å². The van der Waals surface area contributed by atoms with Gasteiger partial charge in [-0.15, -0.1) is 0 Å². The van der Waals surface area contributed by atoms with Gasteiger partial charge in [0.15, 0.2) is 9.84 Å². The Balaban J connectivity index is 2.23. The number of ketones is 1. The van der Waals surface area contributed by atoms with Gasteiger partial charge in [0, 0.05) is 31.0 Å². The first-order chi connectivity index (χ1) is 13.1. The van der Waals surface area contributed by atoms with Crippen LogP contribution in [0, 0.1) is 0 Å². The highest BCUT2D eigenvalue weighted by Gasteiger charge is 2.43. The van der Waals surface area contributed by atoms with Gasteiger partial charge >= 0.3 is 0 Å². The van der Waals surface area contributed by atoms with Crippen molar-refractivity contribution in [3.05, 3.63) is 50.9 Å². The van der Waals surface area contributed by atoms with Crippen molar-refractivity contribution < 1.29 is 17.9 Å². The quantitative estimate of drug-likeness (QED) is 0.587. The molecule has 0 saturated carbocycles. The van der Waals surface area contributed by atoms with E-state index in [1.165, 1.54) is 17.9 Å². The molecule has 1 aromatic carbocycles. The van der Waals surface area contributed by atoms with E-state index in [4.69, 9.17) is 4.74 Å². The third-order valence-corrected chi connectivity index (χ3v) is 8.06. The van der Waals surface area contributed by atoms with Crippen LogP contribution in [0.3, 0.4) is 0 Å². The molecular formula is C20H26N2O5S. The number of nitrogens with one attached hydrogen (secondary N) is 1. The Morgan fingerprint density at radius 3 is 2.61 bits per heavy atom. The molecule has 0 amide bonds. The number of aromatic amines is 1. The summed E-state index contributed by atoms with van der Waals surface area (Å²) in [5, 5.41) is 2.68. The fraction of sp³-hybridized carbons (Fsp3) is 0.500. The molecule has 0 radical (unpaired) electrons. The van der Waals surface area contributed by atoms with Gasteiger partial charge < -0.3 is 9.84 Å². The number of carbonyl (C=O) groups excluding carboxylic acids is 1. The van der Waals surface area contributed by atoms with Crippen LogP contribution in [0.5, 0.6) is 0 Å². The minimum absolute atomic E-state index is 0.0120. The molecule has 3 rings (SSSR count). The molecule has 1 aliphatic rings. The zero-order valence-corrected chi connectivity index (χ0v) is 17.5. The summed E-state index contributed by atoms with van der Waals surface area (Å²) in [5.74, 6) is -0.502. The summed E-state index contributed by atoms with van der Waals surface area (Å²) >= 11 is 0. The number of ether oxygens (including phenoxy) is 1. The number of hydrogen-bond acceptors (Lipinski definition) is 5. The van der Waals surface area contributed by atoms with Crippen LogP contribution in [0.25, 0.3) is 0 Å². The lowest BCUT2D eigenvalue weighted by atomic mass is 9.94. The van der Waals surface area contributed by atoms with Crippen LogP contribution in [-0.4, -0.2) is 35.3 Å². The Morgan fingerprint density at radius 2 is 2.00 bits per heavy atom. The van der Waals surface area contributed by atoms with Gasteiger partial charge in [-0.1, -0.05) is 19.1 Å². The van der Waals surface area contributed by atoms with E-state index in [1.54, 1.807) is 26.0 Å². The van der Waals surface area contributed by atoms with Crippen LogP contribution in [0.4, 0.5) is 0 Å². The second-order valence-electron chi connectivity index (χ2n) is 7.78. The van der Waals surface area contributed by atoms with E-state index in [0.29, 0.717) is 30.6 Å². The van der Waals surface area contributed by atoms with Crippen molar-refractivity contribution in [3.8, 4) is 0 Å². The molecule has 0 aliphatic carbocycles. The first-order valence-corrected chi connectivity index (χ1v) is 10.9. The molecule has 2 aromatic rings. The third kappa shape index (κ3) is 3.24. The summed E-state index contributed by atoms with van der Waals surface area (Å²) in [7, 11) is -2.14. The lowest BCUT2D eigenvalue weighted by Crippen LogP contribution is -2.38. The molecule has 152 valence electrons. The summed E-state index contributed by atoms with van der Waals surface area (Å²) in [6.45, 7) is 5.83. The Kier molecular flexibility index (Phi) is 5.38. The first-order valence-electron chi connectivity index (χ1n) is 9.38. The average molecular weight is 407 g/mol. The number of nitrogens with zero attached hydrogens (tertiary/aromatic N) is 1. The molecule has 2 heterocycles. The SMILES string of the molecule is CCCOCc1c(C(=O)c2c[nH]n(C)c2=O)ccc2c1S(=O)(=O)C(C)(C)CC2. The van der Waals surface area contributed by atoms with Gasteiger partial charge in [0.05, 0.1) is 16.2 Å². The molecule has 1 N–H and O–H groups in total. The molecule has 28 heavy (non-hydrogen) atoms. The number of hydrogen-bond donors (Lipinski definition) is 1. The number of aryl methyl sites for hydroxylation is 2. The molecule has 1 aromatic heterocycles. The molecule has 0 fully saturated rings. The van der Waals surface area contributed by atoms with Gasteiger partial charge in [-0.2, -0.15) is 0 Å². The molecular weight excluding hydrogens is 380 g/mol. The normalized spacial score (nSPS) is 17.3. The van der Waals surface area contributed by atoms with Crippen molar-refractivity contribution in [2.24, 2.45) is 7.05 Å². The van der Waals surface area contributed by atoms with Crippen molar-refractivity contribution in [3.63, 3.8) is 0 Å². The van der Waals surface area contributed by atoms with Crippen LogP contribution in [0.1, 0.15) is 60.7 Å². The van der Waals surface area contributed by atoms with Crippen molar-refractivity contribution >= 4 is 15.6 Å². The third-order valence-electron chi connectivity index (χ3n) is 5.36. The largest absolute Gasteiger partial charge is 0.377 e. The molecule has 0 unspecified atom stereocenters. The van der Waals surface area contributed by atoms with E-state index in [9.17, 15) is 18.0 Å². The topological polar surface area (TPSA) is 98.2 Å². The lowest BCUT2D eigenvalue weighted by Gasteiger charge is -2.33. The van der Waals surface area contributed by atoms with Crippen molar-refractivity contribution in [1.29, 1.82) is 0 Å². The highest BCUT2D eigenvalue weighted by molar-refractivity contribution is 7.93. The molecule has 0 saturated heterocycles. The molecule has 1 aliphatic heterocycles. The number of H-pyrrole nitrogens is 1. The van der Waals surface area contributed by atoms with E-state index in [0.717, 1.165) is 6.42 Å². The minimum atomic E-state index is -3.65. The highest BCUT2D eigenvalue weighted by Crippen LogP contribution is 2.40. The van der Waals surface area contributed by atoms with E-state index in [-0.39, 0.29) is 22.6 Å². The van der Waals surface area contributed by atoms with Crippen molar-refractivity contribution in [2.75, 3.05) is 6.61 Å². The fourth-order valence-corrected chi connectivity index (χ4v) is 5.43.